The van der Waals surface area contributed by atoms with E-state index in [0.29, 0.717) is 48.5 Å². The van der Waals surface area contributed by atoms with Gasteiger partial charge in [0.2, 0.25) is 17.4 Å². The number of benzene rings is 1. The largest absolute Gasteiger partial charge is 0.490 e. The Morgan fingerprint density at radius 3 is 2.10 bits per heavy atom. The Morgan fingerprint density at radius 2 is 1.55 bits per heavy atom. The molecule has 1 aromatic carbocycles. The van der Waals surface area contributed by atoms with Gasteiger partial charge in [-0.25, -0.2) is 4.79 Å². The van der Waals surface area contributed by atoms with Gasteiger partial charge in [0.25, 0.3) is 0 Å². The van der Waals surface area contributed by atoms with E-state index in [9.17, 15) is 14.4 Å². The third-order valence-corrected chi connectivity index (χ3v) is 5.05. The molecule has 0 spiro atoms. The number of carbonyl (C=O) groups excluding carboxylic acids is 3. The fourth-order valence-corrected chi connectivity index (χ4v) is 3.50. The van der Waals surface area contributed by atoms with Crippen LogP contribution in [-0.4, -0.2) is 44.1 Å². The zero-order valence-electron chi connectivity index (χ0n) is 18.1. The number of esters is 1. The molecule has 0 fully saturated rings. The second kappa shape index (κ2) is 11.9. The minimum absolute atomic E-state index is 0.150. The highest BCUT2D eigenvalue weighted by Crippen LogP contribution is 2.39. The van der Waals surface area contributed by atoms with Crippen LogP contribution in [0.5, 0.6) is 17.2 Å². The molecule has 0 aliphatic rings. The van der Waals surface area contributed by atoms with Crippen LogP contribution in [0.25, 0.3) is 0 Å². The van der Waals surface area contributed by atoms with Gasteiger partial charge in [-0.3, -0.25) is 9.59 Å². The quantitative estimate of drug-likeness (QED) is 0.390. The van der Waals surface area contributed by atoms with Crippen molar-refractivity contribution in [3.63, 3.8) is 0 Å². The number of Topliss-reactive ketones (excluding diaryl/α,β-unsaturated/α-hetero) is 1. The van der Waals surface area contributed by atoms with Crippen LogP contribution in [0.4, 0.5) is 0 Å². The topological polar surface area (TPSA) is 100 Å². The summed E-state index contributed by atoms with van der Waals surface area (Å²) in [7, 11) is 0. The normalized spacial score (nSPS) is 10.3. The third-order valence-electron chi connectivity index (χ3n) is 3.93. The van der Waals surface area contributed by atoms with Gasteiger partial charge in [-0.15, -0.1) is 11.3 Å². The maximum atomic E-state index is 12.6. The zero-order valence-corrected chi connectivity index (χ0v) is 18.9. The molecule has 1 N–H and O–H groups in total. The first-order valence-corrected chi connectivity index (χ1v) is 10.8. The van der Waals surface area contributed by atoms with E-state index in [4.69, 9.17) is 18.9 Å². The first-order chi connectivity index (χ1) is 14.9. The second-order valence-corrected chi connectivity index (χ2v) is 7.44. The van der Waals surface area contributed by atoms with E-state index >= 15 is 0 Å². The molecule has 168 valence electrons. The van der Waals surface area contributed by atoms with Crippen molar-refractivity contribution >= 4 is 29.0 Å². The SMILES string of the molecule is CCOc1cc(C(=O)OCC(=O)c2ccc(CNC(C)=O)s2)cc(OCC)c1OCC. The maximum Gasteiger partial charge on any atom is 0.338 e. The van der Waals surface area contributed by atoms with Crippen LogP contribution >= 0.6 is 11.3 Å². The van der Waals surface area contributed by atoms with E-state index in [0.717, 1.165) is 4.88 Å². The summed E-state index contributed by atoms with van der Waals surface area (Å²) in [6.07, 6.45) is 0. The van der Waals surface area contributed by atoms with Gasteiger partial charge < -0.3 is 24.3 Å². The Labute approximate surface area is 185 Å². The molecule has 1 aromatic heterocycles. The van der Waals surface area contributed by atoms with Crippen molar-refractivity contribution in [3.8, 4) is 17.2 Å². The fraction of sp³-hybridized carbons (Fsp3) is 0.409. The predicted octanol–water partition coefficient (Wildman–Crippen LogP) is 3.62. The van der Waals surface area contributed by atoms with Gasteiger partial charge in [-0.2, -0.15) is 0 Å². The molecule has 0 radical (unpaired) electrons. The van der Waals surface area contributed by atoms with Gasteiger partial charge in [0, 0.05) is 11.8 Å². The highest BCUT2D eigenvalue weighted by atomic mass is 32.1. The predicted molar refractivity (Wildman–Crippen MR) is 116 cm³/mol. The molecule has 0 bridgehead atoms. The van der Waals surface area contributed by atoms with Crippen LogP contribution in [0, 0.1) is 0 Å². The number of thiophene rings is 1. The van der Waals surface area contributed by atoms with Gasteiger partial charge in [0.1, 0.15) is 0 Å². The highest BCUT2D eigenvalue weighted by molar-refractivity contribution is 7.14. The Balaban J connectivity index is 2.10. The van der Waals surface area contributed by atoms with Crippen molar-refractivity contribution < 1.29 is 33.3 Å². The summed E-state index contributed by atoms with van der Waals surface area (Å²) in [6, 6.07) is 6.43. The number of hydrogen-bond acceptors (Lipinski definition) is 8. The van der Waals surface area contributed by atoms with Gasteiger partial charge in [-0.05, 0) is 45.0 Å². The Bertz CT molecular complexity index is 895. The number of ketones is 1. The minimum atomic E-state index is -0.673. The summed E-state index contributed by atoms with van der Waals surface area (Å²) in [5.74, 6) is 0.0122. The minimum Gasteiger partial charge on any atom is -0.490 e. The van der Waals surface area contributed by atoms with Crippen molar-refractivity contribution in [1.82, 2.24) is 5.32 Å². The molecule has 0 saturated carbocycles. The van der Waals surface area contributed by atoms with Crippen LogP contribution in [0.15, 0.2) is 24.3 Å². The molecule has 0 unspecified atom stereocenters. The average Bonchev–Trinajstić information content (AvgIpc) is 3.22. The number of rotatable bonds is 12. The first-order valence-electron chi connectivity index (χ1n) is 9.99. The van der Waals surface area contributed by atoms with Crippen LogP contribution < -0.4 is 19.5 Å². The lowest BCUT2D eigenvalue weighted by Gasteiger charge is -2.16. The van der Waals surface area contributed by atoms with Crippen LogP contribution in [-0.2, 0) is 16.1 Å². The number of carbonyl (C=O) groups is 3. The van der Waals surface area contributed by atoms with Crippen molar-refractivity contribution in [2.24, 2.45) is 0 Å². The summed E-state index contributed by atoms with van der Waals surface area (Å²) in [5.41, 5.74) is 0.195. The summed E-state index contributed by atoms with van der Waals surface area (Å²) < 4.78 is 22.0. The molecule has 8 nitrogen and oxygen atoms in total. The van der Waals surface area contributed by atoms with E-state index in [2.05, 4.69) is 5.32 Å². The highest BCUT2D eigenvalue weighted by Gasteiger charge is 2.20. The monoisotopic (exact) mass is 449 g/mol. The average molecular weight is 450 g/mol. The van der Waals surface area contributed by atoms with Gasteiger partial charge in [0.05, 0.1) is 36.8 Å². The van der Waals surface area contributed by atoms with Crippen LogP contribution in [0.1, 0.15) is 52.6 Å². The Kier molecular flexibility index (Phi) is 9.33. The Morgan fingerprint density at radius 1 is 0.935 bits per heavy atom. The molecule has 0 saturated heterocycles. The molecular formula is C22H27NO7S. The van der Waals surface area contributed by atoms with E-state index in [1.165, 1.54) is 30.4 Å². The number of amides is 1. The van der Waals surface area contributed by atoms with E-state index in [-0.39, 0.29) is 17.3 Å². The molecule has 2 aromatic rings. The lowest BCUT2D eigenvalue weighted by molar-refractivity contribution is -0.119. The van der Waals surface area contributed by atoms with Crippen molar-refractivity contribution in [2.75, 3.05) is 26.4 Å². The van der Waals surface area contributed by atoms with E-state index in [1.807, 2.05) is 20.8 Å². The third kappa shape index (κ3) is 6.99. The molecular weight excluding hydrogens is 422 g/mol. The molecule has 31 heavy (non-hydrogen) atoms. The number of hydrogen-bond donors (Lipinski definition) is 1. The summed E-state index contributed by atoms with van der Waals surface area (Å²) in [6.45, 7) is 8.01. The van der Waals surface area contributed by atoms with E-state index in [1.54, 1.807) is 12.1 Å². The van der Waals surface area contributed by atoms with E-state index < -0.39 is 12.6 Å². The smallest absolute Gasteiger partial charge is 0.338 e. The molecule has 0 atom stereocenters. The lowest BCUT2D eigenvalue weighted by atomic mass is 10.2. The summed E-state index contributed by atoms with van der Waals surface area (Å²) >= 11 is 1.24. The summed E-state index contributed by atoms with van der Waals surface area (Å²) in [4.78, 5) is 37.2. The molecule has 0 aliphatic heterocycles. The van der Waals surface area contributed by atoms with Gasteiger partial charge >= 0.3 is 5.97 Å². The molecule has 2 rings (SSSR count). The Hall–Kier alpha value is -3.07. The second-order valence-electron chi connectivity index (χ2n) is 6.28. The number of nitrogens with one attached hydrogen (secondary N) is 1. The van der Waals surface area contributed by atoms with Gasteiger partial charge in [-0.1, -0.05) is 0 Å². The molecule has 0 aliphatic carbocycles. The van der Waals surface area contributed by atoms with Crippen molar-refractivity contribution in [2.45, 2.75) is 34.2 Å². The molecule has 1 heterocycles. The lowest BCUT2D eigenvalue weighted by Crippen LogP contribution is -2.18. The van der Waals surface area contributed by atoms with Crippen molar-refractivity contribution in [1.29, 1.82) is 0 Å². The van der Waals surface area contributed by atoms with Gasteiger partial charge in [0.15, 0.2) is 18.1 Å². The standard InChI is InChI=1S/C22H27NO7S/c1-5-27-18-10-15(11-19(28-6-2)21(18)29-7-3)22(26)30-13-17(25)20-9-8-16(31-20)12-23-14(4)24/h8-11H,5-7,12-13H2,1-4H3,(H,23,24). The number of ether oxygens (including phenoxy) is 4. The first kappa shape index (κ1) is 24.2. The van der Waals surface area contributed by atoms with Crippen molar-refractivity contribution in [3.05, 3.63) is 39.6 Å². The fourth-order valence-electron chi connectivity index (χ4n) is 2.63. The van der Waals surface area contributed by atoms with Crippen LogP contribution in [0.3, 0.4) is 0 Å². The van der Waals surface area contributed by atoms with Crippen LogP contribution in [0.2, 0.25) is 0 Å². The maximum absolute atomic E-state index is 12.6. The summed E-state index contributed by atoms with van der Waals surface area (Å²) in [5, 5.41) is 2.67. The zero-order chi connectivity index (χ0) is 22.8. The molecule has 1 amide bonds. The molecule has 9 heteroatoms.